The fourth-order valence-electron chi connectivity index (χ4n) is 3.61. The molecule has 1 saturated heterocycles. The molecule has 0 radical (unpaired) electrons. The van der Waals surface area contributed by atoms with Crippen LogP contribution in [0.1, 0.15) is 11.1 Å². The number of morpholine rings is 1. The van der Waals surface area contributed by atoms with Crippen LogP contribution in [0.2, 0.25) is 0 Å². The monoisotopic (exact) mass is 439 g/mol. The zero-order chi connectivity index (χ0) is 21.8. The Morgan fingerprint density at radius 2 is 1.74 bits per heavy atom. The molecule has 1 aliphatic rings. The maximum atomic E-state index is 13.2. The van der Waals surface area contributed by atoms with Gasteiger partial charge in [0.1, 0.15) is 0 Å². The van der Waals surface area contributed by atoms with Crippen molar-refractivity contribution in [2.45, 2.75) is 24.8 Å². The first-order valence-electron chi connectivity index (χ1n) is 10.3. The van der Waals surface area contributed by atoms with Gasteiger partial charge in [0.05, 0.1) is 23.8 Å². The SMILES string of the molecule is Cc1ccc(-c2ccc(=O)n(CCc3ccccc3)n2)cc1S(=O)(=O)N1CCOCC1. The number of benzene rings is 2. The lowest BCUT2D eigenvalue weighted by Crippen LogP contribution is -2.40. The summed E-state index contributed by atoms with van der Waals surface area (Å²) < 4.78 is 34.5. The second-order valence-electron chi connectivity index (χ2n) is 7.51. The summed E-state index contributed by atoms with van der Waals surface area (Å²) >= 11 is 0. The molecule has 0 saturated carbocycles. The first-order valence-corrected chi connectivity index (χ1v) is 11.7. The number of aromatic nitrogens is 2. The van der Waals surface area contributed by atoms with Gasteiger partial charge in [-0.15, -0.1) is 0 Å². The number of rotatable bonds is 6. The first-order chi connectivity index (χ1) is 14.9. The maximum Gasteiger partial charge on any atom is 0.266 e. The Morgan fingerprint density at radius 1 is 1.00 bits per heavy atom. The third-order valence-electron chi connectivity index (χ3n) is 5.39. The van der Waals surface area contributed by atoms with E-state index in [0.717, 1.165) is 5.56 Å². The van der Waals surface area contributed by atoms with Gasteiger partial charge in [0.15, 0.2) is 0 Å². The van der Waals surface area contributed by atoms with Crippen LogP contribution in [0.4, 0.5) is 0 Å². The third kappa shape index (κ3) is 4.76. The topological polar surface area (TPSA) is 81.5 Å². The lowest BCUT2D eigenvalue weighted by molar-refractivity contribution is 0.0730. The first kappa shape index (κ1) is 21.4. The van der Waals surface area contributed by atoms with Crippen LogP contribution in [0.15, 0.2) is 70.4 Å². The molecule has 0 amide bonds. The molecule has 0 spiro atoms. The van der Waals surface area contributed by atoms with E-state index in [1.54, 1.807) is 25.1 Å². The Morgan fingerprint density at radius 3 is 2.48 bits per heavy atom. The zero-order valence-corrected chi connectivity index (χ0v) is 18.2. The zero-order valence-electron chi connectivity index (χ0n) is 17.4. The van der Waals surface area contributed by atoms with Crippen molar-refractivity contribution in [3.8, 4) is 11.3 Å². The van der Waals surface area contributed by atoms with Crippen LogP contribution < -0.4 is 5.56 Å². The number of ether oxygens (including phenoxy) is 1. The molecule has 0 atom stereocenters. The van der Waals surface area contributed by atoms with E-state index >= 15 is 0 Å². The van der Waals surface area contributed by atoms with Gasteiger partial charge in [0.2, 0.25) is 10.0 Å². The van der Waals surface area contributed by atoms with Crippen molar-refractivity contribution in [3.05, 3.63) is 82.1 Å². The van der Waals surface area contributed by atoms with E-state index in [1.165, 1.54) is 15.1 Å². The van der Waals surface area contributed by atoms with Gasteiger partial charge in [-0.3, -0.25) is 4.79 Å². The predicted molar refractivity (Wildman–Crippen MR) is 118 cm³/mol. The molecule has 1 aliphatic heterocycles. The second-order valence-corrected chi connectivity index (χ2v) is 9.42. The quantitative estimate of drug-likeness (QED) is 0.589. The Balaban J connectivity index is 1.64. The Kier molecular flexibility index (Phi) is 6.31. The van der Waals surface area contributed by atoms with Crippen molar-refractivity contribution in [1.82, 2.24) is 14.1 Å². The lowest BCUT2D eigenvalue weighted by atomic mass is 10.1. The minimum atomic E-state index is -3.63. The van der Waals surface area contributed by atoms with Crippen molar-refractivity contribution in [3.63, 3.8) is 0 Å². The normalized spacial score (nSPS) is 15.1. The molecule has 162 valence electrons. The van der Waals surface area contributed by atoms with E-state index in [4.69, 9.17) is 4.74 Å². The summed E-state index contributed by atoms with van der Waals surface area (Å²) in [5.41, 5.74) is 2.83. The maximum absolute atomic E-state index is 13.2. The van der Waals surface area contributed by atoms with Crippen molar-refractivity contribution in [2.75, 3.05) is 26.3 Å². The highest BCUT2D eigenvalue weighted by Crippen LogP contribution is 2.26. The molecule has 0 bridgehead atoms. The smallest absolute Gasteiger partial charge is 0.266 e. The Hall–Kier alpha value is -2.81. The summed E-state index contributed by atoms with van der Waals surface area (Å²) in [7, 11) is -3.63. The van der Waals surface area contributed by atoms with Crippen LogP contribution in [0, 0.1) is 6.92 Å². The summed E-state index contributed by atoms with van der Waals surface area (Å²) in [5, 5.41) is 4.50. The number of sulfonamides is 1. The molecule has 4 rings (SSSR count). The molecule has 0 unspecified atom stereocenters. The minimum Gasteiger partial charge on any atom is -0.379 e. The van der Waals surface area contributed by atoms with E-state index in [0.29, 0.717) is 56.1 Å². The Bertz CT molecular complexity index is 1220. The van der Waals surface area contributed by atoms with E-state index in [1.807, 2.05) is 36.4 Å². The highest BCUT2D eigenvalue weighted by Gasteiger charge is 2.28. The molecular weight excluding hydrogens is 414 g/mol. The van der Waals surface area contributed by atoms with Crippen molar-refractivity contribution in [2.24, 2.45) is 0 Å². The summed E-state index contributed by atoms with van der Waals surface area (Å²) in [6, 6.07) is 18.3. The molecule has 7 nitrogen and oxygen atoms in total. The Labute approximate surface area is 182 Å². The van der Waals surface area contributed by atoms with Crippen LogP contribution in [0.3, 0.4) is 0 Å². The fourth-order valence-corrected chi connectivity index (χ4v) is 5.26. The number of aryl methyl sites for hydroxylation is 3. The molecule has 0 aliphatic carbocycles. The molecular formula is C23H25N3O4S. The lowest BCUT2D eigenvalue weighted by Gasteiger charge is -2.26. The summed E-state index contributed by atoms with van der Waals surface area (Å²) in [4.78, 5) is 12.6. The van der Waals surface area contributed by atoms with E-state index in [2.05, 4.69) is 5.10 Å². The van der Waals surface area contributed by atoms with Gasteiger partial charge in [-0.1, -0.05) is 42.5 Å². The van der Waals surface area contributed by atoms with Gasteiger partial charge in [0, 0.05) is 31.3 Å². The summed E-state index contributed by atoms with van der Waals surface area (Å²) in [5.74, 6) is 0. The standard InChI is InChI=1S/C23H25N3O4S/c1-18-7-8-20(17-22(18)31(28,29)25-13-15-30-16-14-25)21-9-10-23(27)26(24-21)12-11-19-5-3-2-4-6-19/h2-10,17H,11-16H2,1H3. The van der Waals surface area contributed by atoms with Gasteiger partial charge in [-0.2, -0.15) is 9.40 Å². The van der Waals surface area contributed by atoms with Gasteiger partial charge in [-0.05, 0) is 36.6 Å². The van der Waals surface area contributed by atoms with E-state index in [9.17, 15) is 13.2 Å². The van der Waals surface area contributed by atoms with Crippen LogP contribution in [-0.4, -0.2) is 48.8 Å². The fraction of sp³-hybridized carbons (Fsp3) is 0.304. The number of hydrogen-bond donors (Lipinski definition) is 0. The van der Waals surface area contributed by atoms with Crippen LogP contribution in [0.25, 0.3) is 11.3 Å². The van der Waals surface area contributed by atoms with Gasteiger partial charge < -0.3 is 4.74 Å². The van der Waals surface area contributed by atoms with Crippen LogP contribution >= 0.6 is 0 Å². The summed E-state index contributed by atoms with van der Waals surface area (Å²) in [6.45, 7) is 3.70. The largest absolute Gasteiger partial charge is 0.379 e. The average Bonchev–Trinajstić information content (AvgIpc) is 2.80. The molecule has 8 heteroatoms. The highest BCUT2D eigenvalue weighted by atomic mass is 32.2. The average molecular weight is 440 g/mol. The number of hydrogen-bond acceptors (Lipinski definition) is 5. The molecule has 2 aromatic carbocycles. The molecule has 1 aromatic heterocycles. The molecule has 31 heavy (non-hydrogen) atoms. The van der Waals surface area contributed by atoms with Crippen molar-refractivity contribution < 1.29 is 13.2 Å². The molecule has 0 N–H and O–H groups in total. The van der Waals surface area contributed by atoms with Crippen molar-refractivity contribution >= 4 is 10.0 Å². The number of nitrogens with zero attached hydrogens (tertiary/aromatic N) is 3. The second kappa shape index (κ2) is 9.13. The van der Waals surface area contributed by atoms with E-state index in [-0.39, 0.29) is 10.5 Å². The van der Waals surface area contributed by atoms with Crippen molar-refractivity contribution in [1.29, 1.82) is 0 Å². The summed E-state index contributed by atoms with van der Waals surface area (Å²) in [6.07, 6.45) is 0.682. The molecule has 2 heterocycles. The van der Waals surface area contributed by atoms with Gasteiger partial charge >= 0.3 is 0 Å². The van der Waals surface area contributed by atoms with Crippen LogP contribution in [-0.2, 0) is 27.7 Å². The highest BCUT2D eigenvalue weighted by molar-refractivity contribution is 7.89. The molecule has 1 fully saturated rings. The van der Waals surface area contributed by atoms with Gasteiger partial charge in [-0.25, -0.2) is 13.1 Å². The molecule has 3 aromatic rings. The van der Waals surface area contributed by atoms with E-state index < -0.39 is 10.0 Å². The minimum absolute atomic E-state index is 0.187. The van der Waals surface area contributed by atoms with Gasteiger partial charge in [0.25, 0.3) is 5.56 Å². The third-order valence-corrected chi connectivity index (χ3v) is 7.43. The van der Waals surface area contributed by atoms with Crippen LogP contribution in [0.5, 0.6) is 0 Å². The predicted octanol–water partition coefficient (Wildman–Crippen LogP) is 2.48.